The first-order valence-corrected chi connectivity index (χ1v) is 6.53. The highest BCUT2D eigenvalue weighted by atomic mass is 79.9. The Hall–Kier alpha value is -0.850. The molecule has 17 heavy (non-hydrogen) atoms. The van der Waals surface area contributed by atoms with E-state index in [2.05, 4.69) is 47.1 Å². The lowest BCUT2D eigenvalue weighted by Gasteiger charge is -2.06. The Morgan fingerprint density at radius 1 is 1.18 bits per heavy atom. The van der Waals surface area contributed by atoms with Crippen molar-refractivity contribution in [2.24, 2.45) is 0 Å². The third-order valence-electron chi connectivity index (χ3n) is 1.89. The molecular formula is C10H7Br2ClN4. The summed E-state index contributed by atoms with van der Waals surface area (Å²) in [5.74, 6) is 0.799. The van der Waals surface area contributed by atoms with Gasteiger partial charge in [-0.05, 0) is 50.1 Å². The van der Waals surface area contributed by atoms with Crippen molar-refractivity contribution in [1.29, 1.82) is 0 Å². The van der Waals surface area contributed by atoms with Crippen molar-refractivity contribution in [3.8, 4) is 0 Å². The standard InChI is InChI=1S/C10H7Br2ClN4/c11-6-2-1-5(3-7(6)13)15-10-16-8(12)4-9(14)17-10/h1-4H,(H3,14,15,16,17). The molecule has 0 unspecified atom stereocenters. The van der Waals surface area contributed by atoms with Gasteiger partial charge < -0.3 is 11.1 Å². The van der Waals surface area contributed by atoms with Crippen LogP contribution in [0.1, 0.15) is 0 Å². The van der Waals surface area contributed by atoms with Gasteiger partial charge in [0.2, 0.25) is 5.95 Å². The van der Waals surface area contributed by atoms with Crippen LogP contribution in [0.4, 0.5) is 17.5 Å². The smallest absolute Gasteiger partial charge is 0.230 e. The van der Waals surface area contributed by atoms with Gasteiger partial charge in [0, 0.05) is 16.2 Å². The molecule has 3 N–H and O–H groups in total. The lowest BCUT2D eigenvalue weighted by molar-refractivity contribution is 1.15. The molecule has 2 aromatic rings. The van der Waals surface area contributed by atoms with E-state index in [0.717, 1.165) is 10.2 Å². The summed E-state index contributed by atoms with van der Waals surface area (Å²) in [6, 6.07) is 7.09. The van der Waals surface area contributed by atoms with Crippen LogP contribution in [-0.2, 0) is 0 Å². The Balaban J connectivity index is 2.28. The van der Waals surface area contributed by atoms with E-state index in [4.69, 9.17) is 17.3 Å². The number of anilines is 3. The first-order chi connectivity index (χ1) is 8.04. The van der Waals surface area contributed by atoms with Crippen LogP contribution in [0.25, 0.3) is 0 Å². The molecule has 0 aliphatic carbocycles. The minimum atomic E-state index is 0.387. The van der Waals surface area contributed by atoms with Crippen LogP contribution < -0.4 is 11.1 Å². The summed E-state index contributed by atoms with van der Waals surface area (Å²) in [4.78, 5) is 8.19. The maximum atomic E-state index is 5.98. The van der Waals surface area contributed by atoms with Crippen LogP contribution in [0, 0.1) is 0 Å². The molecule has 0 bridgehead atoms. The lowest BCUT2D eigenvalue weighted by atomic mass is 10.3. The van der Waals surface area contributed by atoms with Gasteiger partial charge in [-0.3, -0.25) is 0 Å². The number of halogens is 3. The van der Waals surface area contributed by atoms with Gasteiger partial charge in [-0.2, -0.15) is 4.98 Å². The van der Waals surface area contributed by atoms with Crippen LogP contribution >= 0.6 is 43.5 Å². The second-order valence-corrected chi connectivity index (χ2v) is 5.27. The number of rotatable bonds is 2. The fraction of sp³-hybridized carbons (Fsp3) is 0. The van der Waals surface area contributed by atoms with Crippen molar-refractivity contribution in [1.82, 2.24) is 9.97 Å². The Morgan fingerprint density at radius 3 is 2.59 bits per heavy atom. The summed E-state index contributed by atoms with van der Waals surface area (Å²) in [7, 11) is 0. The second kappa shape index (κ2) is 5.20. The number of aromatic nitrogens is 2. The molecular weight excluding hydrogens is 371 g/mol. The number of nitrogens with two attached hydrogens (primary N) is 1. The molecule has 1 aromatic heterocycles. The molecule has 1 aromatic carbocycles. The van der Waals surface area contributed by atoms with Crippen molar-refractivity contribution in [3.63, 3.8) is 0 Å². The lowest BCUT2D eigenvalue weighted by Crippen LogP contribution is -2.00. The average Bonchev–Trinajstić information content (AvgIpc) is 2.22. The van der Waals surface area contributed by atoms with Crippen molar-refractivity contribution in [3.05, 3.63) is 38.4 Å². The Labute approximate surface area is 120 Å². The van der Waals surface area contributed by atoms with E-state index in [1.165, 1.54) is 0 Å². The van der Waals surface area contributed by atoms with E-state index < -0.39 is 0 Å². The molecule has 0 spiro atoms. The summed E-state index contributed by atoms with van der Waals surface area (Å²) in [6.07, 6.45) is 0. The summed E-state index contributed by atoms with van der Waals surface area (Å²) in [5.41, 5.74) is 6.40. The average molecular weight is 378 g/mol. The first kappa shape index (κ1) is 12.6. The van der Waals surface area contributed by atoms with E-state index >= 15 is 0 Å². The summed E-state index contributed by atoms with van der Waals surface area (Å²) >= 11 is 12.5. The van der Waals surface area contributed by atoms with E-state index in [0.29, 0.717) is 21.4 Å². The maximum absolute atomic E-state index is 5.98. The monoisotopic (exact) mass is 376 g/mol. The van der Waals surface area contributed by atoms with Gasteiger partial charge in [0.25, 0.3) is 0 Å². The summed E-state index contributed by atoms with van der Waals surface area (Å²) in [6.45, 7) is 0. The Kier molecular flexibility index (Phi) is 3.86. The molecule has 0 amide bonds. The van der Waals surface area contributed by atoms with Crippen LogP contribution in [-0.4, -0.2) is 9.97 Å². The van der Waals surface area contributed by atoms with Crippen LogP contribution in [0.5, 0.6) is 0 Å². The number of benzene rings is 1. The molecule has 7 heteroatoms. The molecule has 1 heterocycles. The number of hydrogen-bond donors (Lipinski definition) is 2. The highest BCUT2D eigenvalue weighted by Crippen LogP contribution is 2.27. The molecule has 0 atom stereocenters. The van der Waals surface area contributed by atoms with Gasteiger partial charge in [-0.25, -0.2) is 4.98 Å². The number of hydrogen-bond acceptors (Lipinski definition) is 4. The highest BCUT2D eigenvalue weighted by molar-refractivity contribution is 9.10. The van der Waals surface area contributed by atoms with E-state index in [1.54, 1.807) is 12.1 Å². The zero-order valence-corrected chi connectivity index (χ0v) is 12.3. The predicted octanol–water partition coefficient (Wildman–Crippen LogP) is 3.98. The fourth-order valence-corrected chi connectivity index (χ4v) is 2.02. The summed E-state index contributed by atoms with van der Waals surface area (Å²) < 4.78 is 1.45. The molecule has 0 radical (unpaired) electrons. The number of nitrogen functional groups attached to an aromatic ring is 1. The van der Waals surface area contributed by atoms with Gasteiger partial charge in [0.05, 0.1) is 5.02 Å². The van der Waals surface area contributed by atoms with Crippen LogP contribution in [0.3, 0.4) is 0 Å². The molecule has 4 nitrogen and oxygen atoms in total. The molecule has 0 fully saturated rings. The number of nitrogens with one attached hydrogen (secondary N) is 1. The van der Waals surface area contributed by atoms with Crippen molar-refractivity contribution in [2.75, 3.05) is 11.1 Å². The molecule has 0 aliphatic rings. The molecule has 2 rings (SSSR count). The Morgan fingerprint density at radius 2 is 1.94 bits per heavy atom. The SMILES string of the molecule is Nc1cc(Br)nc(Nc2ccc(Br)c(Cl)c2)n1. The first-order valence-electron chi connectivity index (χ1n) is 4.57. The maximum Gasteiger partial charge on any atom is 0.230 e. The van der Waals surface area contributed by atoms with Gasteiger partial charge in [0.15, 0.2) is 0 Å². The third kappa shape index (κ3) is 3.31. The Bertz CT molecular complexity index is 542. The van der Waals surface area contributed by atoms with Crippen molar-refractivity contribution in [2.45, 2.75) is 0 Å². The summed E-state index contributed by atoms with van der Waals surface area (Å²) in [5, 5.41) is 3.63. The second-order valence-electron chi connectivity index (χ2n) is 3.19. The quantitative estimate of drug-likeness (QED) is 0.776. The fourth-order valence-electron chi connectivity index (χ4n) is 1.19. The minimum absolute atomic E-state index is 0.387. The predicted molar refractivity (Wildman–Crippen MR) is 76.6 cm³/mol. The molecule has 88 valence electrons. The topological polar surface area (TPSA) is 63.8 Å². The number of nitrogens with zero attached hydrogens (tertiary/aromatic N) is 2. The van der Waals surface area contributed by atoms with Crippen molar-refractivity contribution < 1.29 is 0 Å². The van der Waals surface area contributed by atoms with Gasteiger partial charge in [-0.15, -0.1) is 0 Å². The normalized spacial score (nSPS) is 10.3. The van der Waals surface area contributed by atoms with Gasteiger partial charge in [0.1, 0.15) is 10.4 Å². The van der Waals surface area contributed by atoms with E-state index in [-0.39, 0.29) is 0 Å². The van der Waals surface area contributed by atoms with E-state index in [1.807, 2.05) is 12.1 Å². The van der Waals surface area contributed by atoms with E-state index in [9.17, 15) is 0 Å². The van der Waals surface area contributed by atoms with Crippen LogP contribution in [0.2, 0.25) is 5.02 Å². The largest absolute Gasteiger partial charge is 0.383 e. The highest BCUT2D eigenvalue weighted by Gasteiger charge is 2.03. The van der Waals surface area contributed by atoms with Crippen LogP contribution in [0.15, 0.2) is 33.3 Å². The van der Waals surface area contributed by atoms with Crippen molar-refractivity contribution >= 4 is 60.9 Å². The van der Waals surface area contributed by atoms with Gasteiger partial charge in [-0.1, -0.05) is 11.6 Å². The zero-order chi connectivity index (χ0) is 12.4. The van der Waals surface area contributed by atoms with Gasteiger partial charge >= 0.3 is 0 Å². The molecule has 0 saturated heterocycles. The molecule has 0 aliphatic heterocycles. The third-order valence-corrected chi connectivity index (χ3v) is 3.53. The molecule has 0 saturated carbocycles. The zero-order valence-electron chi connectivity index (χ0n) is 8.42. The minimum Gasteiger partial charge on any atom is -0.383 e.